The predicted octanol–water partition coefficient (Wildman–Crippen LogP) is 3.20. The van der Waals surface area contributed by atoms with Crippen molar-refractivity contribution in [1.82, 2.24) is 4.90 Å². The van der Waals surface area contributed by atoms with E-state index in [1.807, 2.05) is 12.1 Å². The molecule has 15 heavy (non-hydrogen) atoms. The van der Waals surface area contributed by atoms with E-state index in [4.69, 9.17) is 23.2 Å². The third-order valence-electron chi connectivity index (χ3n) is 3.81. The monoisotopic (exact) mass is 241 g/mol. The summed E-state index contributed by atoms with van der Waals surface area (Å²) >= 11 is 12.0. The van der Waals surface area contributed by atoms with Crippen LogP contribution in [0.5, 0.6) is 0 Å². The molecule has 3 rings (SSSR count). The molecule has 1 nitrogen and oxygen atoms in total. The standard InChI is InChI=1S/C12H13Cl2N/c1-15-6-9-5-12(9,7-15)8-2-3-10(13)11(14)4-8/h2-4,9H,5-7H2,1H3/t9-,12+/m1/s1. The minimum Gasteiger partial charge on any atom is -0.305 e. The molecule has 80 valence electrons. The van der Waals surface area contributed by atoms with Gasteiger partial charge in [0.15, 0.2) is 0 Å². The molecule has 0 spiro atoms. The third kappa shape index (κ3) is 1.41. The number of rotatable bonds is 1. The average Bonchev–Trinajstić information content (AvgIpc) is 2.75. The highest BCUT2D eigenvalue weighted by atomic mass is 35.5. The minimum absolute atomic E-state index is 0.392. The van der Waals surface area contributed by atoms with E-state index in [0.717, 1.165) is 12.5 Å². The van der Waals surface area contributed by atoms with E-state index in [0.29, 0.717) is 15.5 Å². The molecule has 1 heterocycles. The Labute approximate surface area is 100.0 Å². The second-order valence-corrected chi connectivity index (χ2v) is 5.70. The first-order valence-corrected chi connectivity index (χ1v) is 6.01. The molecule has 0 N–H and O–H groups in total. The van der Waals surface area contributed by atoms with E-state index in [2.05, 4.69) is 18.0 Å². The number of benzene rings is 1. The highest BCUT2D eigenvalue weighted by Crippen LogP contribution is 2.59. The highest BCUT2D eigenvalue weighted by Gasteiger charge is 2.59. The van der Waals surface area contributed by atoms with Gasteiger partial charge in [-0.05, 0) is 37.1 Å². The molecule has 2 aliphatic rings. The van der Waals surface area contributed by atoms with Crippen LogP contribution in [0.1, 0.15) is 12.0 Å². The zero-order valence-electron chi connectivity index (χ0n) is 8.63. The summed E-state index contributed by atoms with van der Waals surface area (Å²) in [5.74, 6) is 0.833. The molecule has 1 saturated carbocycles. The van der Waals surface area contributed by atoms with Crippen LogP contribution in [0.15, 0.2) is 18.2 Å². The fraction of sp³-hybridized carbons (Fsp3) is 0.500. The number of hydrogen-bond acceptors (Lipinski definition) is 1. The summed E-state index contributed by atoms with van der Waals surface area (Å²) in [5.41, 5.74) is 1.76. The zero-order valence-corrected chi connectivity index (χ0v) is 10.1. The quantitative estimate of drug-likeness (QED) is 0.731. The molecule has 1 aromatic rings. The number of likely N-dealkylation sites (tertiary alicyclic amines) is 1. The Morgan fingerprint density at radius 3 is 2.73 bits per heavy atom. The number of likely N-dealkylation sites (N-methyl/N-ethyl adjacent to an activating group) is 1. The number of halogens is 2. The Bertz CT molecular complexity index is 418. The van der Waals surface area contributed by atoms with Gasteiger partial charge in [-0.3, -0.25) is 0 Å². The van der Waals surface area contributed by atoms with Gasteiger partial charge in [-0.15, -0.1) is 0 Å². The van der Waals surface area contributed by atoms with Gasteiger partial charge in [0.2, 0.25) is 0 Å². The Morgan fingerprint density at radius 2 is 2.13 bits per heavy atom. The molecule has 1 aliphatic heterocycles. The van der Waals surface area contributed by atoms with E-state index >= 15 is 0 Å². The van der Waals surface area contributed by atoms with Crippen LogP contribution in [0.3, 0.4) is 0 Å². The molecule has 1 saturated heterocycles. The van der Waals surface area contributed by atoms with Gasteiger partial charge >= 0.3 is 0 Å². The van der Waals surface area contributed by atoms with E-state index in [1.165, 1.54) is 18.5 Å². The maximum Gasteiger partial charge on any atom is 0.0595 e. The lowest BCUT2D eigenvalue weighted by atomic mass is 9.95. The van der Waals surface area contributed by atoms with E-state index in [-0.39, 0.29) is 0 Å². The fourth-order valence-electron chi connectivity index (χ4n) is 2.99. The Hall–Kier alpha value is -0.240. The van der Waals surface area contributed by atoms with Crippen molar-refractivity contribution in [3.05, 3.63) is 33.8 Å². The van der Waals surface area contributed by atoms with Gasteiger partial charge in [-0.1, -0.05) is 29.3 Å². The van der Waals surface area contributed by atoms with Gasteiger partial charge in [-0.2, -0.15) is 0 Å². The molecule has 2 fully saturated rings. The molecule has 0 radical (unpaired) electrons. The van der Waals surface area contributed by atoms with Crippen molar-refractivity contribution in [2.24, 2.45) is 5.92 Å². The predicted molar refractivity (Wildman–Crippen MR) is 63.7 cm³/mol. The third-order valence-corrected chi connectivity index (χ3v) is 4.55. The van der Waals surface area contributed by atoms with E-state index in [1.54, 1.807) is 0 Å². The van der Waals surface area contributed by atoms with Crippen molar-refractivity contribution < 1.29 is 0 Å². The van der Waals surface area contributed by atoms with Crippen LogP contribution in [-0.4, -0.2) is 25.0 Å². The second-order valence-electron chi connectivity index (χ2n) is 4.88. The zero-order chi connectivity index (χ0) is 10.6. The van der Waals surface area contributed by atoms with Crippen LogP contribution in [0, 0.1) is 5.92 Å². The van der Waals surface area contributed by atoms with Gasteiger partial charge in [0.05, 0.1) is 10.0 Å². The lowest BCUT2D eigenvalue weighted by molar-refractivity contribution is 0.363. The molecule has 0 unspecified atom stereocenters. The molecule has 1 aromatic carbocycles. The first kappa shape index (κ1) is 9.95. The van der Waals surface area contributed by atoms with E-state index in [9.17, 15) is 0 Å². The van der Waals surface area contributed by atoms with Crippen molar-refractivity contribution in [3.63, 3.8) is 0 Å². The van der Waals surface area contributed by atoms with Crippen LogP contribution in [0.4, 0.5) is 0 Å². The van der Waals surface area contributed by atoms with Crippen molar-refractivity contribution >= 4 is 23.2 Å². The van der Waals surface area contributed by atoms with Crippen LogP contribution in [0.2, 0.25) is 10.0 Å². The largest absolute Gasteiger partial charge is 0.305 e. The molecular weight excluding hydrogens is 229 g/mol. The SMILES string of the molecule is CN1C[C@H]2C[C@@]2(c2ccc(Cl)c(Cl)c2)C1. The molecule has 3 heteroatoms. The lowest BCUT2D eigenvalue weighted by Crippen LogP contribution is -2.22. The number of fused-ring (bicyclic) bond motifs is 1. The molecular formula is C12H13Cl2N. The van der Waals surface area contributed by atoms with Crippen LogP contribution >= 0.6 is 23.2 Å². The topological polar surface area (TPSA) is 3.24 Å². The number of hydrogen-bond donors (Lipinski definition) is 0. The van der Waals surface area contributed by atoms with Crippen LogP contribution < -0.4 is 0 Å². The Balaban J connectivity index is 1.97. The summed E-state index contributed by atoms with van der Waals surface area (Å²) in [4.78, 5) is 2.40. The Morgan fingerprint density at radius 1 is 1.33 bits per heavy atom. The van der Waals surface area contributed by atoms with Gasteiger partial charge in [0, 0.05) is 18.5 Å². The van der Waals surface area contributed by atoms with Crippen molar-refractivity contribution in [2.75, 3.05) is 20.1 Å². The minimum atomic E-state index is 0.392. The van der Waals surface area contributed by atoms with Gasteiger partial charge in [0.1, 0.15) is 0 Å². The summed E-state index contributed by atoms with van der Waals surface area (Å²) in [6.45, 7) is 2.38. The summed E-state index contributed by atoms with van der Waals surface area (Å²) < 4.78 is 0. The first-order valence-electron chi connectivity index (χ1n) is 5.26. The van der Waals surface area contributed by atoms with Gasteiger partial charge in [-0.25, -0.2) is 0 Å². The summed E-state index contributed by atoms with van der Waals surface area (Å²) in [5, 5.41) is 1.34. The normalized spacial score (nSPS) is 34.2. The Kier molecular flexibility index (Phi) is 2.08. The molecule has 2 atom stereocenters. The van der Waals surface area contributed by atoms with Gasteiger partial charge < -0.3 is 4.90 Å². The molecule has 0 amide bonds. The first-order chi connectivity index (χ1) is 7.12. The second kappa shape index (κ2) is 3.13. The number of nitrogens with zero attached hydrogens (tertiary/aromatic N) is 1. The smallest absolute Gasteiger partial charge is 0.0595 e. The van der Waals surface area contributed by atoms with Crippen LogP contribution in [-0.2, 0) is 5.41 Å². The van der Waals surface area contributed by atoms with Crippen LogP contribution in [0.25, 0.3) is 0 Å². The molecule has 0 bridgehead atoms. The fourth-order valence-corrected chi connectivity index (χ4v) is 3.28. The maximum absolute atomic E-state index is 6.06. The van der Waals surface area contributed by atoms with Gasteiger partial charge in [0.25, 0.3) is 0 Å². The van der Waals surface area contributed by atoms with Crippen molar-refractivity contribution in [3.8, 4) is 0 Å². The van der Waals surface area contributed by atoms with Crippen molar-refractivity contribution in [1.29, 1.82) is 0 Å². The summed E-state index contributed by atoms with van der Waals surface area (Å²) in [7, 11) is 2.19. The highest BCUT2D eigenvalue weighted by molar-refractivity contribution is 6.42. The average molecular weight is 242 g/mol. The van der Waals surface area contributed by atoms with Crippen molar-refractivity contribution in [2.45, 2.75) is 11.8 Å². The molecule has 0 aromatic heterocycles. The number of piperidine rings is 1. The molecule has 1 aliphatic carbocycles. The van der Waals surface area contributed by atoms with E-state index < -0.39 is 0 Å². The maximum atomic E-state index is 6.06. The lowest BCUT2D eigenvalue weighted by Gasteiger charge is -2.16. The summed E-state index contributed by atoms with van der Waals surface area (Å²) in [6.07, 6.45) is 1.31. The summed E-state index contributed by atoms with van der Waals surface area (Å²) in [6, 6.07) is 6.10.